The first-order valence-electron chi connectivity index (χ1n) is 13.0. The van der Waals surface area contributed by atoms with E-state index in [9.17, 15) is 14.4 Å². The Balaban J connectivity index is 1.45. The fourth-order valence-electron chi connectivity index (χ4n) is 4.26. The van der Waals surface area contributed by atoms with Crippen LogP contribution in [0.25, 0.3) is 33.2 Å². The number of amides is 3. The molecule has 0 aliphatic carbocycles. The molecule has 214 valence electrons. The van der Waals surface area contributed by atoms with Gasteiger partial charge in [0.2, 0.25) is 0 Å². The van der Waals surface area contributed by atoms with Gasteiger partial charge in [0.05, 0.1) is 24.5 Å². The van der Waals surface area contributed by atoms with E-state index < -0.39 is 11.8 Å². The van der Waals surface area contributed by atoms with E-state index in [0.29, 0.717) is 70.0 Å². The van der Waals surface area contributed by atoms with Crippen molar-refractivity contribution >= 4 is 29.1 Å². The van der Waals surface area contributed by atoms with Gasteiger partial charge in [-0.15, -0.1) is 16.4 Å². The molecular formula is C26H29N9O5S. The predicted molar refractivity (Wildman–Crippen MR) is 152 cm³/mol. The molecule has 4 aromatic rings. The highest BCUT2D eigenvalue weighted by Gasteiger charge is 2.21. The highest BCUT2D eigenvalue weighted by atomic mass is 32.1. The van der Waals surface area contributed by atoms with Crippen LogP contribution in [0.15, 0.2) is 39.9 Å². The third kappa shape index (κ3) is 6.82. The maximum atomic E-state index is 13.1. The summed E-state index contributed by atoms with van der Waals surface area (Å²) in [7, 11) is 0. The number of aromatic nitrogens is 5. The molecule has 1 aliphatic rings. The molecule has 15 heteroatoms. The van der Waals surface area contributed by atoms with Crippen LogP contribution in [0.4, 0.5) is 10.6 Å². The lowest BCUT2D eigenvalue weighted by atomic mass is 10.0. The van der Waals surface area contributed by atoms with Gasteiger partial charge in [-0.25, -0.2) is 24.7 Å². The highest BCUT2D eigenvalue weighted by molar-refractivity contribution is 7.17. The first kappa shape index (κ1) is 28.1. The molecule has 1 aliphatic heterocycles. The number of urea groups is 1. The Bertz CT molecular complexity index is 1590. The van der Waals surface area contributed by atoms with Crippen molar-refractivity contribution in [3.8, 4) is 33.2 Å². The smallest absolute Gasteiger partial charge is 0.388 e. The van der Waals surface area contributed by atoms with Crippen molar-refractivity contribution in [1.29, 1.82) is 0 Å². The van der Waals surface area contributed by atoms with Crippen LogP contribution in [0.1, 0.15) is 22.3 Å². The second-order valence-electron chi connectivity index (χ2n) is 9.12. The number of hydrogen-bond donors (Lipinski definition) is 4. The van der Waals surface area contributed by atoms with Crippen molar-refractivity contribution in [3.05, 3.63) is 51.8 Å². The zero-order valence-electron chi connectivity index (χ0n) is 22.5. The molecule has 0 spiro atoms. The molecule has 0 aromatic carbocycles. The van der Waals surface area contributed by atoms with Crippen LogP contribution in [0, 0.1) is 6.92 Å². The maximum Gasteiger partial charge on any atom is 0.434 e. The number of rotatable bonds is 9. The first-order valence-corrected chi connectivity index (χ1v) is 13.8. The van der Waals surface area contributed by atoms with E-state index in [1.54, 1.807) is 31.5 Å². The number of carbonyl (C=O) groups excluding carboxylic acids is 2. The SMILES string of the molecule is CCNC(=O)Nc1cc(-c2nc(C)c(C(=O)NCCN3CCOCC3)s2)c(-c2cncc(-c3n[nH]c(=O)o3)c2)cn1. The summed E-state index contributed by atoms with van der Waals surface area (Å²) in [5.41, 5.74) is 2.98. The number of aryl methyl sites for hydroxylation is 1. The van der Waals surface area contributed by atoms with Gasteiger partial charge in [-0.2, -0.15) is 0 Å². The van der Waals surface area contributed by atoms with Crippen LogP contribution < -0.4 is 21.7 Å². The lowest BCUT2D eigenvalue weighted by Gasteiger charge is -2.26. The Hall–Kier alpha value is -4.47. The van der Waals surface area contributed by atoms with Gasteiger partial charge in [-0.1, -0.05) is 0 Å². The number of carbonyl (C=O) groups is 2. The molecule has 0 atom stereocenters. The number of nitrogens with zero attached hydrogens (tertiary/aromatic N) is 5. The lowest BCUT2D eigenvalue weighted by Crippen LogP contribution is -2.41. The summed E-state index contributed by atoms with van der Waals surface area (Å²) in [5.74, 6) is -0.480. The molecule has 1 fully saturated rings. The highest BCUT2D eigenvalue weighted by Crippen LogP contribution is 2.37. The van der Waals surface area contributed by atoms with Gasteiger partial charge in [-0.3, -0.25) is 20.0 Å². The Morgan fingerprint density at radius 2 is 1.90 bits per heavy atom. The summed E-state index contributed by atoms with van der Waals surface area (Å²) in [6, 6.07) is 3.06. The molecule has 1 saturated heterocycles. The number of H-pyrrole nitrogens is 1. The summed E-state index contributed by atoms with van der Waals surface area (Å²) in [4.78, 5) is 52.9. The van der Waals surface area contributed by atoms with Crippen molar-refractivity contribution in [3.63, 3.8) is 0 Å². The number of aromatic amines is 1. The molecular weight excluding hydrogens is 550 g/mol. The molecule has 4 aromatic heterocycles. The van der Waals surface area contributed by atoms with Gasteiger partial charge in [-0.05, 0) is 26.0 Å². The second-order valence-corrected chi connectivity index (χ2v) is 10.1. The number of anilines is 1. The molecule has 4 N–H and O–H groups in total. The van der Waals surface area contributed by atoms with Crippen LogP contribution in [0.5, 0.6) is 0 Å². The van der Waals surface area contributed by atoms with Crippen molar-refractivity contribution in [2.24, 2.45) is 0 Å². The molecule has 3 amide bonds. The monoisotopic (exact) mass is 579 g/mol. The molecule has 41 heavy (non-hydrogen) atoms. The Morgan fingerprint density at radius 1 is 1.10 bits per heavy atom. The van der Waals surface area contributed by atoms with E-state index in [0.717, 1.165) is 19.6 Å². The van der Waals surface area contributed by atoms with Gasteiger partial charge < -0.3 is 19.8 Å². The van der Waals surface area contributed by atoms with E-state index in [2.05, 4.69) is 41.0 Å². The van der Waals surface area contributed by atoms with Crippen molar-refractivity contribution in [2.45, 2.75) is 13.8 Å². The number of morpholine rings is 1. The molecule has 0 radical (unpaired) electrons. The molecule has 0 unspecified atom stereocenters. The minimum atomic E-state index is -0.678. The van der Waals surface area contributed by atoms with E-state index in [1.165, 1.54) is 17.5 Å². The molecule has 5 heterocycles. The van der Waals surface area contributed by atoms with E-state index in [1.807, 2.05) is 6.92 Å². The van der Waals surface area contributed by atoms with Gasteiger partial charge in [0, 0.05) is 68.0 Å². The fraction of sp³-hybridized carbons (Fsp3) is 0.346. The van der Waals surface area contributed by atoms with Crippen molar-refractivity contribution < 1.29 is 18.7 Å². The van der Waals surface area contributed by atoms with Crippen LogP contribution in [-0.2, 0) is 4.74 Å². The third-order valence-electron chi connectivity index (χ3n) is 6.27. The van der Waals surface area contributed by atoms with E-state index >= 15 is 0 Å². The number of pyridine rings is 2. The topological polar surface area (TPSA) is 180 Å². The maximum absolute atomic E-state index is 13.1. The Kier molecular flexibility index (Phi) is 8.76. The normalized spacial score (nSPS) is 13.6. The van der Waals surface area contributed by atoms with Crippen LogP contribution in [0.2, 0.25) is 0 Å². The number of hydrogen-bond acceptors (Lipinski definition) is 11. The number of thiazole rings is 1. The fourth-order valence-corrected chi connectivity index (χ4v) is 5.28. The zero-order chi connectivity index (χ0) is 28.8. The average molecular weight is 580 g/mol. The van der Waals surface area contributed by atoms with E-state index in [4.69, 9.17) is 14.1 Å². The quantitative estimate of drug-likeness (QED) is 0.229. The van der Waals surface area contributed by atoms with Crippen LogP contribution >= 0.6 is 11.3 Å². The summed E-state index contributed by atoms with van der Waals surface area (Å²) >= 11 is 1.25. The Morgan fingerprint density at radius 3 is 2.66 bits per heavy atom. The molecule has 0 saturated carbocycles. The summed E-state index contributed by atoms with van der Waals surface area (Å²) < 4.78 is 10.5. The van der Waals surface area contributed by atoms with Gasteiger partial charge in [0.1, 0.15) is 15.7 Å². The number of nitrogens with one attached hydrogen (secondary N) is 4. The molecule has 0 bridgehead atoms. The summed E-state index contributed by atoms with van der Waals surface area (Å²) in [5, 5.41) is 15.1. The largest absolute Gasteiger partial charge is 0.434 e. The van der Waals surface area contributed by atoms with Crippen LogP contribution in [-0.4, -0.2) is 87.9 Å². The molecule has 14 nitrogen and oxygen atoms in total. The van der Waals surface area contributed by atoms with E-state index in [-0.39, 0.29) is 11.8 Å². The van der Waals surface area contributed by atoms with Crippen molar-refractivity contribution in [2.75, 3.05) is 51.3 Å². The standard InChI is InChI=1S/C26H29N9O5S/c1-3-28-25(37)32-20-11-18(19(14-30-20)16-10-17(13-27-12-16)23-33-34-26(38)40-23)24-31-15(2)21(41-24)22(36)29-4-5-35-6-8-39-9-7-35/h10-14H,3-9H2,1-2H3,(H,29,36)(H,34,38)(H2,28,30,32,37). The van der Waals surface area contributed by atoms with Crippen molar-refractivity contribution in [1.82, 2.24) is 40.7 Å². The minimum Gasteiger partial charge on any atom is -0.388 e. The Labute approximate surface area is 238 Å². The average Bonchev–Trinajstić information content (AvgIpc) is 3.59. The first-order chi connectivity index (χ1) is 19.9. The lowest BCUT2D eigenvalue weighted by molar-refractivity contribution is 0.0383. The number of ether oxygens (including phenoxy) is 1. The predicted octanol–water partition coefficient (Wildman–Crippen LogP) is 2.12. The summed E-state index contributed by atoms with van der Waals surface area (Å²) in [6.07, 6.45) is 4.75. The van der Waals surface area contributed by atoms with Gasteiger partial charge >= 0.3 is 11.8 Å². The van der Waals surface area contributed by atoms with Crippen LogP contribution in [0.3, 0.4) is 0 Å². The minimum absolute atomic E-state index is 0.0921. The molecule has 5 rings (SSSR count). The third-order valence-corrected chi connectivity index (χ3v) is 7.46. The van der Waals surface area contributed by atoms with Gasteiger partial charge in [0.25, 0.3) is 11.8 Å². The second kappa shape index (κ2) is 12.8. The zero-order valence-corrected chi connectivity index (χ0v) is 23.3. The van der Waals surface area contributed by atoms with Gasteiger partial charge in [0.15, 0.2) is 0 Å². The summed E-state index contributed by atoms with van der Waals surface area (Å²) in [6.45, 7) is 8.39.